The molecule has 6 heteroatoms. The van der Waals surface area contributed by atoms with Crippen LogP contribution in [0.3, 0.4) is 0 Å². The fourth-order valence-corrected chi connectivity index (χ4v) is 2.38. The first-order valence-electron chi connectivity index (χ1n) is 4.62. The molecule has 0 aromatic heterocycles. The van der Waals surface area contributed by atoms with Gasteiger partial charge < -0.3 is 15.3 Å². The maximum Gasteiger partial charge on any atom is 0.327 e. The molecule has 0 radical (unpaired) electrons. The second-order valence-electron chi connectivity index (χ2n) is 3.13. The van der Waals surface area contributed by atoms with Crippen molar-refractivity contribution >= 4 is 23.8 Å². The van der Waals surface area contributed by atoms with Gasteiger partial charge in [0.15, 0.2) is 0 Å². The van der Waals surface area contributed by atoms with E-state index >= 15 is 0 Å². The first kappa shape index (κ1) is 11.9. The van der Waals surface area contributed by atoms with Crippen LogP contribution >= 0.6 is 11.8 Å². The SMILES string of the molecule is C=CCCNC(=O)N1CSC[C@H]1C(=O)O. The highest BCUT2D eigenvalue weighted by Crippen LogP contribution is 2.20. The highest BCUT2D eigenvalue weighted by molar-refractivity contribution is 7.99. The molecule has 2 N–H and O–H groups in total. The van der Waals surface area contributed by atoms with Crippen LogP contribution in [0, 0.1) is 0 Å². The van der Waals surface area contributed by atoms with Crippen molar-refractivity contribution in [2.24, 2.45) is 0 Å². The molecule has 0 aliphatic carbocycles. The predicted octanol–water partition coefficient (Wildman–Crippen LogP) is 0.732. The molecule has 1 rings (SSSR count). The molecule has 1 saturated heterocycles. The van der Waals surface area contributed by atoms with Gasteiger partial charge in [0.1, 0.15) is 6.04 Å². The summed E-state index contributed by atoms with van der Waals surface area (Å²) in [6.07, 6.45) is 2.39. The number of rotatable bonds is 4. The van der Waals surface area contributed by atoms with Crippen LogP contribution in [0.25, 0.3) is 0 Å². The summed E-state index contributed by atoms with van der Waals surface area (Å²) in [6.45, 7) is 4.03. The van der Waals surface area contributed by atoms with E-state index < -0.39 is 12.0 Å². The quantitative estimate of drug-likeness (QED) is 0.552. The molecule has 1 aliphatic rings. The van der Waals surface area contributed by atoms with Crippen molar-refractivity contribution in [2.75, 3.05) is 18.2 Å². The molecule has 0 bridgehead atoms. The molecule has 84 valence electrons. The lowest BCUT2D eigenvalue weighted by molar-refractivity contribution is -0.140. The molecular formula is C9H14N2O3S. The molecule has 1 atom stereocenters. The molecule has 0 spiro atoms. The molecule has 0 aromatic carbocycles. The van der Waals surface area contributed by atoms with Gasteiger partial charge in [-0.25, -0.2) is 9.59 Å². The largest absolute Gasteiger partial charge is 0.480 e. The lowest BCUT2D eigenvalue weighted by Crippen LogP contribution is -2.47. The highest BCUT2D eigenvalue weighted by Gasteiger charge is 2.34. The average Bonchev–Trinajstić information content (AvgIpc) is 2.66. The Balaban J connectivity index is 2.43. The Morgan fingerprint density at radius 3 is 3.00 bits per heavy atom. The Bertz CT molecular complexity index is 270. The van der Waals surface area contributed by atoms with Gasteiger partial charge in [-0.3, -0.25) is 0 Å². The number of amides is 2. The second-order valence-corrected chi connectivity index (χ2v) is 4.13. The first-order chi connectivity index (χ1) is 7.16. The zero-order chi connectivity index (χ0) is 11.3. The van der Waals surface area contributed by atoms with Crippen molar-refractivity contribution in [1.82, 2.24) is 10.2 Å². The molecule has 15 heavy (non-hydrogen) atoms. The Morgan fingerprint density at radius 1 is 1.67 bits per heavy atom. The molecule has 0 saturated carbocycles. The smallest absolute Gasteiger partial charge is 0.327 e. The summed E-state index contributed by atoms with van der Waals surface area (Å²) >= 11 is 1.45. The van der Waals surface area contributed by atoms with Gasteiger partial charge in [0, 0.05) is 12.3 Å². The number of hydrogen-bond donors (Lipinski definition) is 2. The average molecular weight is 230 g/mol. The maximum absolute atomic E-state index is 11.5. The fraction of sp³-hybridized carbons (Fsp3) is 0.556. The van der Waals surface area contributed by atoms with E-state index in [2.05, 4.69) is 11.9 Å². The number of carbonyl (C=O) groups is 2. The van der Waals surface area contributed by atoms with Gasteiger partial charge in [-0.15, -0.1) is 18.3 Å². The lowest BCUT2D eigenvalue weighted by atomic mass is 10.3. The molecule has 0 aromatic rings. The van der Waals surface area contributed by atoms with Crippen LogP contribution in [0.4, 0.5) is 4.79 Å². The number of hydrogen-bond acceptors (Lipinski definition) is 3. The summed E-state index contributed by atoms with van der Waals surface area (Å²) in [7, 11) is 0. The third-order valence-corrected chi connectivity index (χ3v) is 3.07. The van der Waals surface area contributed by atoms with Gasteiger partial charge in [-0.05, 0) is 6.42 Å². The number of carboxylic acid groups (broad SMARTS) is 1. The first-order valence-corrected chi connectivity index (χ1v) is 5.78. The van der Waals surface area contributed by atoms with Crippen LogP contribution in [0.15, 0.2) is 12.7 Å². The van der Waals surface area contributed by atoms with E-state index in [1.807, 2.05) is 0 Å². The van der Waals surface area contributed by atoms with E-state index in [0.717, 1.165) is 0 Å². The minimum Gasteiger partial charge on any atom is -0.480 e. The van der Waals surface area contributed by atoms with Crippen molar-refractivity contribution in [3.05, 3.63) is 12.7 Å². The monoisotopic (exact) mass is 230 g/mol. The van der Waals surface area contributed by atoms with Crippen LogP contribution < -0.4 is 5.32 Å². The van der Waals surface area contributed by atoms with Gasteiger partial charge in [0.05, 0.1) is 5.88 Å². The van der Waals surface area contributed by atoms with Gasteiger partial charge in [-0.1, -0.05) is 6.08 Å². The third-order valence-electron chi connectivity index (χ3n) is 2.05. The van der Waals surface area contributed by atoms with E-state index in [0.29, 0.717) is 24.6 Å². The van der Waals surface area contributed by atoms with Crippen molar-refractivity contribution in [2.45, 2.75) is 12.5 Å². The summed E-state index contributed by atoms with van der Waals surface area (Å²) in [5.74, 6) is -0.0416. The Hall–Kier alpha value is -1.17. The van der Waals surface area contributed by atoms with E-state index in [9.17, 15) is 9.59 Å². The van der Waals surface area contributed by atoms with Crippen LogP contribution in [0.1, 0.15) is 6.42 Å². The van der Waals surface area contributed by atoms with Crippen molar-refractivity contribution in [1.29, 1.82) is 0 Å². The van der Waals surface area contributed by atoms with Gasteiger partial charge in [0.25, 0.3) is 0 Å². The summed E-state index contributed by atoms with van der Waals surface area (Å²) < 4.78 is 0. The zero-order valence-electron chi connectivity index (χ0n) is 8.31. The standard InChI is InChI=1S/C9H14N2O3S/c1-2-3-4-10-9(14)11-6-15-5-7(11)8(12)13/h2,7H,1,3-6H2,(H,10,14)(H,12,13)/t7-/m0/s1. The number of carbonyl (C=O) groups excluding carboxylic acids is 1. The van der Waals surface area contributed by atoms with Crippen LogP contribution in [-0.2, 0) is 4.79 Å². The van der Waals surface area contributed by atoms with Gasteiger partial charge in [-0.2, -0.15) is 0 Å². The van der Waals surface area contributed by atoms with Gasteiger partial charge in [0.2, 0.25) is 0 Å². The number of nitrogens with zero attached hydrogens (tertiary/aromatic N) is 1. The fourth-order valence-electron chi connectivity index (χ4n) is 1.23. The lowest BCUT2D eigenvalue weighted by Gasteiger charge is -2.20. The number of nitrogens with one attached hydrogen (secondary N) is 1. The van der Waals surface area contributed by atoms with Crippen LogP contribution in [0.2, 0.25) is 0 Å². The Labute approximate surface area is 92.5 Å². The van der Waals surface area contributed by atoms with Gasteiger partial charge >= 0.3 is 12.0 Å². The normalized spacial score (nSPS) is 20.0. The molecule has 5 nitrogen and oxygen atoms in total. The van der Waals surface area contributed by atoms with E-state index in [1.165, 1.54) is 16.7 Å². The summed E-state index contributed by atoms with van der Waals surface area (Å²) in [4.78, 5) is 23.7. The molecular weight excluding hydrogens is 216 g/mol. The zero-order valence-corrected chi connectivity index (χ0v) is 9.13. The minimum atomic E-state index is -0.945. The topological polar surface area (TPSA) is 69.6 Å². The van der Waals surface area contributed by atoms with Crippen molar-refractivity contribution in [3.63, 3.8) is 0 Å². The van der Waals surface area contributed by atoms with Crippen molar-refractivity contribution < 1.29 is 14.7 Å². The Morgan fingerprint density at radius 2 is 2.40 bits per heavy atom. The summed E-state index contributed by atoms with van der Waals surface area (Å²) in [5, 5.41) is 11.5. The minimum absolute atomic E-state index is 0.311. The number of aliphatic carboxylic acids is 1. The highest BCUT2D eigenvalue weighted by atomic mass is 32.2. The molecule has 1 heterocycles. The number of thioether (sulfide) groups is 1. The molecule has 1 fully saturated rings. The maximum atomic E-state index is 11.5. The predicted molar refractivity (Wildman–Crippen MR) is 58.8 cm³/mol. The molecule has 1 aliphatic heterocycles. The van der Waals surface area contributed by atoms with Crippen LogP contribution in [0.5, 0.6) is 0 Å². The van der Waals surface area contributed by atoms with Crippen LogP contribution in [-0.4, -0.2) is 46.2 Å². The third kappa shape index (κ3) is 3.16. The summed E-state index contributed by atoms with van der Waals surface area (Å²) in [5.41, 5.74) is 0. The molecule has 0 unspecified atom stereocenters. The summed E-state index contributed by atoms with van der Waals surface area (Å²) in [6, 6.07) is -1.01. The van der Waals surface area contributed by atoms with E-state index in [1.54, 1.807) is 6.08 Å². The Kier molecular flexibility index (Phi) is 4.48. The second kappa shape index (κ2) is 5.65. The molecule has 2 amide bonds. The number of carboxylic acids is 1. The van der Waals surface area contributed by atoms with E-state index in [4.69, 9.17) is 5.11 Å². The number of urea groups is 1. The van der Waals surface area contributed by atoms with Crippen molar-refractivity contribution in [3.8, 4) is 0 Å². The van der Waals surface area contributed by atoms with E-state index in [-0.39, 0.29) is 6.03 Å².